The number of fused-ring (bicyclic) bond motifs is 1. The Bertz CT molecular complexity index is 768. The van der Waals surface area contributed by atoms with E-state index in [1.807, 2.05) is 30.3 Å². The highest BCUT2D eigenvalue weighted by Crippen LogP contribution is 2.26. The summed E-state index contributed by atoms with van der Waals surface area (Å²) in [6, 6.07) is 14.0. The molecule has 1 heterocycles. The van der Waals surface area contributed by atoms with Gasteiger partial charge in [-0.25, -0.2) is 4.98 Å². The maximum Gasteiger partial charge on any atom is 0.125 e. The highest BCUT2D eigenvalue weighted by Gasteiger charge is 2.12. The van der Waals surface area contributed by atoms with Gasteiger partial charge in [0.25, 0.3) is 0 Å². The molecule has 102 valence electrons. The number of para-hydroxylation sites is 1. The van der Waals surface area contributed by atoms with Crippen molar-refractivity contribution in [2.45, 2.75) is 12.4 Å². The summed E-state index contributed by atoms with van der Waals surface area (Å²) in [6.07, 6.45) is 0. The first-order valence-electron chi connectivity index (χ1n) is 6.13. The monoisotopic (exact) mass is 368 g/mol. The lowest BCUT2D eigenvalue weighted by molar-refractivity contribution is 0.778. The zero-order valence-electron chi connectivity index (χ0n) is 10.5. The maximum atomic E-state index is 6.20. The zero-order valence-corrected chi connectivity index (χ0v) is 13.6. The third kappa shape index (κ3) is 2.58. The van der Waals surface area contributed by atoms with Crippen LogP contribution >= 0.6 is 39.1 Å². The molecule has 0 amide bonds. The number of nitrogens with zero attached hydrogens (tertiary/aromatic N) is 2. The van der Waals surface area contributed by atoms with Gasteiger partial charge in [0.05, 0.1) is 16.4 Å². The molecule has 0 N–H and O–H groups in total. The molecule has 0 saturated carbocycles. The van der Waals surface area contributed by atoms with Crippen LogP contribution in [0.1, 0.15) is 11.4 Å². The maximum absolute atomic E-state index is 6.20. The smallest absolute Gasteiger partial charge is 0.125 e. The molecule has 0 spiro atoms. The van der Waals surface area contributed by atoms with Crippen LogP contribution in [0.15, 0.2) is 46.9 Å². The van der Waals surface area contributed by atoms with Crippen LogP contribution in [-0.2, 0) is 12.4 Å². The SMILES string of the molecule is ClCc1nc2c(Cl)cccc2n1Cc1cccc(Br)c1. The van der Waals surface area contributed by atoms with Gasteiger partial charge in [-0.2, -0.15) is 0 Å². The lowest BCUT2D eigenvalue weighted by Gasteiger charge is -2.08. The molecule has 0 fully saturated rings. The van der Waals surface area contributed by atoms with E-state index in [-0.39, 0.29) is 0 Å². The van der Waals surface area contributed by atoms with E-state index in [1.54, 1.807) is 0 Å². The molecule has 0 saturated heterocycles. The minimum Gasteiger partial charge on any atom is -0.322 e. The van der Waals surface area contributed by atoms with Crippen molar-refractivity contribution in [2.75, 3.05) is 0 Å². The van der Waals surface area contributed by atoms with Crippen LogP contribution in [0, 0.1) is 0 Å². The summed E-state index contributed by atoms with van der Waals surface area (Å²) >= 11 is 15.7. The minimum atomic E-state index is 0.360. The fraction of sp³-hybridized carbons (Fsp3) is 0.133. The second-order valence-corrected chi connectivity index (χ2v) is 6.08. The molecule has 5 heteroatoms. The van der Waals surface area contributed by atoms with E-state index in [2.05, 4.69) is 37.6 Å². The summed E-state index contributed by atoms with van der Waals surface area (Å²) < 4.78 is 3.17. The number of aromatic nitrogens is 2. The van der Waals surface area contributed by atoms with Gasteiger partial charge in [0, 0.05) is 11.0 Å². The molecule has 3 aromatic rings. The summed E-state index contributed by atoms with van der Waals surface area (Å²) in [5.41, 5.74) is 3.00. The Kier molecular flexibility index (Phi) is 4.01. The van der Waals surface area contributed by atoms with Crippen LogP contribution in [0.25, 0.3) is 11.0 Å². The predicted octanol–water partition coefficient (Wildman–Crippen LogP) is 5.24. The topological polar surface area (TPSA) is 17.8 Å². The van der Waals surface area contributed by atoms with E-state index < -0.39 is 0 Å². The molecule has 0 unspecified atom stereocenters. The summed E-state index contributed by atoms with van der Waals surface area (Å²) in [6.45, 7) is 0.721. The normalized spacial score (nSPS) is 11.2. The molecule has 3 rings (SSSR count). The lowest BCUT2D eigenvalue weighted by Crippen LogP contribution is -2.03. The Hall–Kier alpha value is -1.03. The fourth-order valence-electron chi connectivity index (χ4n) is 2.26. The lowest BCUT2D eigenvalue weighted by atomic mass is 10.2. The van der Waals surface area contributed by atoms with Crippen LogP contribution in [0.3, 0.4) is 0 Å². The third-order valence-electron chi connectivity index (χ3n) is 3.16. The van der Waals surface area contributed by atoms with E-state index in [0.29, 0.717) is 10.9 Å². The molecular formula is C15H11BrCl2N2. The quantitative estimate of drug-likeness (QED) is 0.577. The summed E-state index contributed by atoms with van der Waals surface area (Å²) in [5.74, 6) is 1.19. The van der Waals surface area contributed by atoms with Gasteiger partial charge in [0.1, 0.15) is 11.3 Å². The van der Waals surface area contributed by atoms with Crippen molar-refractivity contribution in [3.63, 3.8) is 0 Å². The van der Waals surface area contributed by atoms with Crippen LogP contribution in [0.5, 0.6) is 0 Å². The standard InChI is InChI=1S/C15H11BrCl2N2/c16-11-4-1-3-10(7-11)9-20-13-6-2-5-12(18)15(13)19-14(20)8-17/h1-7H,8-9H2. The van der Waals surface area contributed by atoms with Gasteiger partial charge in [0.15, 0.2) is 0 Å². The van der Waals surface area contributed by atoms with Crippen LogP contribution in [-0.4, -0.2) is 9.55 Å². The van der Waals surface area contributed by atoms with E-state index in [9.17, 15) is 0 Å². The van der Waals surface area contributed by atoms with Crippen LogP contribution in [0.2, 0.25) is 5.02 Å². The molecule has 20 heavy (non-hydrogen) atoms. The van der Waals surface area contributed by atoms with Gasteiger partial charge in [-0.15, -0.1) is 11.6 Å². The Morgan fingerprint density at radius 2 is 1.95 bits per heavy atom. The van der Waals surface area contributed by atoms with Gasteiger partial charge in [-0.3, -0.25) is 0 Å². The Morgan fingerprint density at radius 1 is 1.15 bits per heavy atom. The molecule has 0 aliphatic carbocycles. The predicted molar refractivity (Wildman–Crippen MR) is 87.5 cm³/mol. The largest absolute Gasteiger partial charge is 0.322 e. The molecular weight excluding hydrogens is 359 g/mol. The molecule has 0 aliphatic heterocycles. The van der Waals surface area contributed by atoms with Crippen molar-refractivity contribution < 1.29 is 0 Å². The van der Waals surface area contributed by atoms with Crippen LogP contribution < -0.4 is 0 Å². The first-order chi connectivity index (χ1) is 9.69. The van der Waals surface area contributed by atoms with E-state index in [0.717, 1.165) is 27.9 Å². The van der Waals surface area contributed by atoms with Gasteiger partial charge < -0.3 is 4.57 Å². The van der Waals surface area contributed by atoms with Gasteiger partial charge >= 0.3 is 0 Å². The number of imidazole rings is 1. The number of hydrogen-bond donors (Lipinski definition) is 0. The van der Waals surface area contributed by atoms with Gasteiger partial charge in [-0.05, 0) is 29.8 Å². The minimum absolute atomic E-state index is 0.360. The average molecular weight is 370 g/mol. The molecule has 0 bridgehead atoms. The van der Waals surface area contributed by atoms with Gasteiger partial charge in [0.2, 0.25) is 0 Å². The van der Waals surface area contributed by atoms with E-state index in [4.69, 9.17) is 23.2 Å². The number of halogens is 3. The Balaban J connectivity index is 2.12. The molecule has 1 aromatic heterocycles. The summed E-state index contributed by atoms with van der Waals surface area (Å²) in [5, 5.41) is 0.654. The number of rotatable bonds is 3. The highest BCUT2D eigenvalue weighted by molar-refractivity contribution is 9.10. The van der Waals surface area contributed by atoms with Gasteiger partial charge in [-0.1, -0.05) is 45.7 Å². The van der Waals surface area contributed by atoms with Crippen molar-refractivity contribution in [3.8, 4) is 0 Å². The number of benzene rings is 2. The third-order valence-corrected chi connectivity index (χ3v) is 4.20. The summed E-state index contributed by atoms with van der Waals surface area (Å²) in [7, 11) is 0. The van der Waals surface area contributed by atoms with Crippen molar-refractivity contribution in [1.82, 2.24) is 9.55 Å². The summed E-state index contributed by atoms with van der Waals surface area (Å²) in [4.78, 5) is 4.54. The van der Waals surface area contributed by atoms with Crippen molar-refractivity contribution >= 4 is 50.2 Å². The van der Waals surface area contributed by atoms with Crippen molar-refractivity contribution in [3.05, 3.63) is 63.3 Å². The Morgan fingerprint density at radius 3 is 2.70 bits per heavy atom. The van der Waals surface area contributed by atoms with E-state index >= 15 is 0 Å². The van der Waals surface area contributed by atoms with Crippen molar-refractivity contribution in [1.29, 1.82) is 0 Å². The first-order valence-corrected chi connectivity index (χ1v) is 7.83. The second kappa shape index (κ2) is 5.76. The average Bonchev–Trinajstić information content (AvgIpc) is 2.79. The van der Waals surface area contributed by atoms with E-state index in [1.165, 1.54) is 5.56 Å². The molecule has 2 aromatic carbocycles. The van der Waals surface area contributed by atoms with Crippen LogP contribution in [0.4, 0.5) is 0 Å². The molecule has 0 atom stereocenters. The first kappa shape index (κ1) is 13.9. The van der Waals surface area contributed by atoms with Crippen molar-refractivity contribution in [2.24, 2.45) is 0 Å². The Labute approximate surface area is 135 Å². The zero-order chi connectivity index (χ0) is 14.1. The molecule has 0 aliphatic rings. The molecule has 2 nitrogen and oxygen atoms in total. The molecule has 0 radical (unpaired) electrons. The highest BCUT2D eigenvalue weighted by atomic mass is 79.9. The number of alkyl halides is 1. The fourth-order valence-corrected chi connectivity index (χ4v) is 3.12. The number of hydrogen-bond acceptors (Lipinski definition) is 1. The second-order valence-electron chi connectivity index (χ2n) is 4.49.